The molecule has 0 spiro atoms. The molecule has 0 radical (unpaired) electrons. The van der Waals surface area contributed by atoms with Gasteiger partial charge >= 0.3 is 0 Å². The largest absolute Gasteiger partial charge is 0.396 e. The van der Waals surface area contributed by atoms with Crippen molar-refractivity contribution in [3.63, 3.8) is 0 Å². The maximum Gasteiger partial charge on any atom is 0.263 e. The summed E-state index contributed by atoms with van der Waals surface area (Å²) in [6, 6.07) is 17.4. The summed E-state index contributed by atoms with van der Waals surface area (Å²) in [7, 11) is 1.38. The Morgan fingerprint density at radius 3 is 2.54 bits per heavy atom. The van der Waals surface area contributed by atoms with E-state index >= 15 is 0 Å². The molecule has 0 bridgehead atoms. The molecule has 0 aliphatic carbocycles. The van der Waals surface area contributed by atoms with Gasteiger partial charge in [0.05, 0.1) is 11.1 Å². The third-order valence-electron chi connectivity index (χ3n) is 4.24. The molecule has 134 valence electrons. The second kappa shape index (κ2) is 8.15. The fraction of sp³-hybridized carbons (Fsp3) is 0.105. The number of nitrogens with one attached hydrogen (secondary N) is 1. The maximum atomic E-state index is 13.5. The number of nitrogens with two attached hydrogens (primary N) is 2. The van der Waals surface area contributed by atoms with Crippen LogP contribution in [0.4, 0.5) is 0 Å². The van der Waals surface area contributed by atoms with Gasteiger partial charge < -0.3 is 11.2 Å². The summed E-state index contributed by atoms with van der Waals surface area (Å²) in [6.45, 7) is 2.04. The Morgan fingerprint density at radius 2 is 1.92 bits per heavy atom. The van der Waals surface area contributed by atoms with Gasteiger partial charge in [-0.2, -0.15) is 0 Å². The number of hydrogen-bond acceptors (Lipinski definition) is 5. The highest BCUT2D eigenvalue weighted by Gasteiger charge is 2.16. The minimum absolute atomic E-state index is 0.0843. The lowest BCUT2D eigenvalue weighted by Crippen LogP contribution is -2.25. The van der Waals surface area contributed by atoms with E-state index in [0.29, 0.717) is 21.7 Å². The average Bonchev–Trinajstić information content (AvgIpc) is 2.68. The van der Waals surface area contributed by atoms with Gasteiger partial charge in [0.15, 0.2) is 0 Å². The Hall–Kier alpha value is -1.97. The summed E-state index contributed by atoms with van der Waals surface area (Å²) in [5, 5.41) is 2.07. The summed E-state index contributed by atoms with van der Waals surface area (Å²) in [5.41, 5.74) is 11.8. The molecule has 3 rings (SSSR count). The lowest BCUT2D eigenvalue weighted by atomic mass is 10.0. The molecule has 26 heavy (non-hydrogen) atoms. The minimum atomic E-state index is -0.0843. The number of hydrogen-bond donors (Lipinski definition) is 3. The standard InChI is InChI=1S/C19H19IN4OS/c1-2-13-11-12-7-6-10-15(17(21)18(23-22)26-20)16(12)19(25)24(13)14-8-4-3-5-9-14/h3-11,23H,2,21-22H2,1H3/b18-17+. The average molecular weight is 478 g/mol. The van der Waals surface area contributed by atoms with Gasteiger partial charge in [-0.25, -0.2) is 5.84 Å². The summed E-state index contributed by atoms with van der Waals surface area (Å²) < 4.78 is 1.76. The van der Waals surface area contributed by atoms with Gasteiger partial charge in [0.1, 0.15) is 5.03 Å². The molecule has 5 N–H and O–H groups in total. The van der Waals surface area contributed by atoms with Crippen LogP contribution < -0.4 is 22.6 Å². The van der Waals surface area contributed by atoms with Gasteiger partial charge in [-0.05, 0) is 38.9 Å². The van der Waals surface area contributed by atoms with Crippen LogP contribution in [0, 0.1) is 0 Å². The van der Waals surface area contributed by atoms with E-state index in [0.717, 1.165) is 23.2 Å². The summed E-state index contributed by atoms with van der Waals surface area (Å²) >= 11 is 2.10. The first kappa shape index (κ1) is 18.8. The smallest absolute Gasteiger partial charge is 0.263 e. The molecular formula is C19H19IN4OS. The molecule has 1 heterocycles. The third-order valence-corrected chi connectivity index (χ3v) is 6.06. The van der Waals surface area contributed by atoms with E-state index < -0.39 is 0 Å². The van der Waals surface area contributed by atoms with Crippen LogP contribution in [0.3, 0.4) is 0 Å². The fourth-order valence-electron chi connectivity index (χ4n) is 3.02. The van der Waals surface area contributed by atoms with E-state index in [9.17, 15) is 4.79 Å². The number of rotatable bonds is 5. The van der Waals surface area contributed by atoms with Crippen LogP contribution in [0.15, 0.2) is 64.4 Å². The number of halogens is 1. The number of fused-ring (bicyclic) bond motifs is 1. The molecule has 2 aromatic carbocycles. The van der Waals surface area contributed by atoms with E-state index in [1.807, 2.05) is 61.5 Å². The molecule has 0 fully saturated rings. The first-order chi connectivity index (χ1) is 12.6. The van der Waals surface area contributed by atoms with Gasteiger partial charge in [-0.3, -0.25) is 9.36 Å². The third kappa shape index (κ3) is 3.34. The Bertz CT molecular complexity index is 1020. The molecule has 1 aromatic heterocycles. The van der Waals surface area contributed by atoms with Gasteiger partial charge in [0.2, 0.25) is 0 Å². The van der Waals surface area contributed by atoms with Crippen molar-refractivity contribution in [2.75, 3.05) is 0 Å². The van der Waals surface area contributed by atoms with Crippen LogP contribution in [0.2, 0.25) is 0 Å². The summed E-state index contributed by atoms with van der Waals surface area (Å²) in [5.74, 6) is 5.57. The maximum absolute atomic E-state index is 13.5. The second-order valence-corrected chi connectivity index (χ2v) is 7.58. The topological polar surface area (TPSA) is 86.1 Å². The number of hydrazine groups is 1. The molecule has 7 heteroatoms. The van der Waals surface area contributed by atoms with Crippen molar-refractivity contribution in [3.8, 4) is 5.69 Å². The molecule has 0 saturated carbocycles. The van der Waals surface area contributed by atoms with E-state index in [-0.39, 0.29) is 5.56 Å². The van der Waals surface area contributed by atoms with Gasteiger partial charge in [-0.15, -0.1) is 0 Å². The van der Waals surface area contributed by atoms with Crippen molar-refractivity contribution in [2.45, 2.75) is 13.3 Å². The fourth-order valence-corrected chi connectivity index (χ4v) is 4.35. The molecule has 0 unspecified atom stereocenters. The van der Waals surface area contributed by atoms with E-state index in [1.165, 1.54) is 8.93 Å². The highest BCUT2D eigenvalue weighted by molar-refractivity contribution is 14.2. The van der Waals surface area contributed by atoms with Crippen LogP contribution in [-0.4, -0.2) is 4.57 Å². The Morgan fingerprint density at radius 1 is 1.19 bits per heavy atom. The molecular weight excluding hydrogens is 459 g/mol. The predicted octanol–water partition coefficient (Wildman–Crippen LogP) is 3.68. The van der Waals surface area contributed by atoms with Crippen molar-refractivity contribution in [2.24, 2.45) is 11.6 Å². The lowest BCUT2D eigenvalue weighted by Gasteiger charge is -2.16. The van der Waals surface area contributed by atoms with Gasteiger partial charge in [0.25, 0.3) is 5.56 Å². The lowest BCUT2D eigenvalue weighted by molar-refractivity contribution is 0.888. The van der Waals surface area contributed by atoms with Crippen LogP contribution in [-0.2, 0) is 6.42 Å². The first-order valence-corrected chi connectivity index (χ1v) is 11.5. The van der Waals surface area contributed by atoms with Gasteiger partial charge in [-0.1, -0.05) is 43.3 Å². The second-order valence-electron chi connectivity index (χ2n) is 5.70. The van der Waals surface area contributed by atoms with Crippen molar-refractivity contribution in [3.05, 3.63) is 81.2 Å². The van der Waals surface area contributed by atoms with Crippen LogP contribution in [0.1, 0.15) is 18.2 Å². The predicted molar refractivity (Wildman–Crippen MR) is 119 cm³/mol. The normalized spacial score (nSPS) is 12.1. The van der Waals surface area contributed by atoms with Crippen LogP contribution >= 0.6 is 30.1 Å². The number of nitrogens with zero attached hydrogens (tertiary/aromatic N) is 1. The van der Waals surface area contributed by atoms with Gasteiger partial charge in [0, 0.05) is 38.2 Å². The minimum Gasteiger partial charge on any atom is -0.396 e. The molecule has 5 nitrogen and oxygen atoms in total. The molecule has 0 amide bonds. The summed E-state index contributed by atoms with van der Waals surface area (Å²) in [4.78, 5) is 13.5. The highest BCUT2D eigenvalue weighted by Crippen LogP contribution is 2.29. The van der Waals surface area contributed by atoms with E-state index in [2.05, 4.69) is 26.6 Å². The van der Waals surface area contributed by atoms with Crippen molar-refractivity contribution < 1.29 is 0 Å². The molecule has 0 atom stereocenters. The van der Waals surface area contributed by atoms with E-state index in [1.54, 1.807) is 4.57 Å². The highest BCUT2D eigenvalue weighted by atomic mass is 127. The number of para-hydroxylation sites is 1. The van der Waals surface area contributed by atoms with Crippen molar-refractivity contribution >= 4 is 46.6 Å². The molecule has 3 aromatic rings. The summed E-state index contributed by atoms with van der Waals surface area (Å²) in [6.07, 6.45) is 0.745. The Kier molecular flexibility index (Phi) is 5.90. The molecule has 0 aliphatic heterocycles. The van der Waals surface area contributed by atoms with Crippen molar-refractivity contribution in [1.29, 1.82) is 0 Å². The zero-order chi connectivity index (χ0) is 18.7. The SMILES string of the molecule is CCc1cc2cccc(/C(N)=C(/NN)SI)c2c(=O)n1-c1ccccc1. The zero-order valence-corrected chi connectivity index (χ0v) is 17.2. The first-order valence-electron chi connectivity index (χ1n) is 8.10. The Balaban J connectivity index is 2.42. The van der Waals surface area contributed by atoms with Crippen LogP contribution in [0.25, 0.3) is 22.2 Å². The van der Waals surface area contributed by atoms with Crippen LogP contribution in [0.5, 0.6) is 0 Å². The number of benzene rings is 2. The quantitative estimate of drug-likeness (QED) is 0.296. The molecule has 0 aliphatic rings. The van der Waals surface area contributed by atoms with Crippen molar-refractivity contribution in [1.82, 2.24) is 9.99 Å². The zero-order valence-electron chi connectivity index (χ0n) is 14.2. The monoisotopic (exact) mass is 478 g/mol. The van der Waals surface area contributed by atoms with E-state index in [4.69, 9.17) is 11.6 Å². The number of aromatic nitrogens is 1. The molecule has 0 saturated heterocycles. The number of aryl methyl sites for hydroxylation is 1. The number of pyridine rings is 1. The Labute approximate surface area is 168 Å².